The number of carbonyl (C=O) groups is 2. The Kier molecular flexibility index (Phi) is 8.51. The predicted octanol–water partition coefficient (Wildman–Crippen LogP) is 4.15. The fourth-order valence-electron chi connectivity index (χ4n) is 1.69. The van der Waals surface area contributed by atoms with Crippen LogP contribution in [0.2, 0.25) is 5.02 Å². The lowest BCUT2D eigenvalue weighted by Gasteiger charge is -2.06. The molecule has 0 saturated heterocycles. The van der Waals surface area contributed by atoms with Gasteiger partial charge in [0.2, 0.25) is 0 Å². The van der Waals surface area contributed by atoms with Gasteiger partial charge in [0.25, 0.3) is 0 Å². The largest absolute Gasteiger partial charge is 0.466 e. The molecule has 0 N–H and O–H groups in total. The minimum atomic E-state index is -0.494. The number of benzene rings is 1. The number of halogens is 1. The third-order valence-corrected chi connectivity index (χ3v) is 3.17. The van der Waals surface area contributed by atoms with Crippen molar-refractivity contribution in [3.8, 4) is 5.75 Å². The quantitative estimate of drug-likeness (QED) is 0.390. The first kappa shape index (κ1) is 17.5. The van der Waals surface area contributed by atoms with Gasteiger partial charge in [0.15, 0.2) is 0 Å². The van der Waals surface area contributed by atoms with Crippen LogP contribution in [0.5, 0.6) is 5.75 Å². The summed E-state index contributed by atoms with van der Waals surface area (Å²) < 4.78 is 10.1. The predicted molar refractivity (Wildman–Crippen MR) is 81.4 cm³/mol. The van der Waals surface area contributed by atoms with Crippen LogP contribution in [-0.4, -0.2) is 18.5 Å². The SMILES string of the molecule is CCCCCCOC(=O)CCC(=O)Oc1ccccc1Cl. The van der Waals surface area contributed by atoms with E-state index in [1.54, 1.807) is 24.3 Å². The molecule has 0 radical (unpaired) electrons. The molecule has 0 fully saturated rings. The van der Waals surface area contributed by atoms with Crippen LogP contribution in [0, 0.1) is 0 Å². The average molecular weight is 313 g/mol. The van der Waals surface area contributed by atoms with E-state index >= 15 is 0 Å². The van der Waals surface area contributed by atoms with Gasteiger partial charge < -0.3 is 9.47 Å². The molecule has 0 aliphatic rings. The molecule has 0 amide bonds. The molecule has 0 bridgehead atoms. The van der Waals surface area contributed by atoms with Crippen molar-refractivity contribution >= 4 is 23.5 Å². The van der Waals surface area contributed by atoms with Crippen molar-refractivity contribution in [3.05, 3.63) is 29.3 Å². The van der Waals surface area contributed by atoms with Crippen molar-refractivity contribution in [2.24, 2.45) is 0 Å². The van der Waals surface area contributed by atoms with E-state index in [1.165, 1.54) is 0 Å². The summed E-state index contributed by atoms with van der Waals surface area (Å²) in [5.41, 5.74) is 0. The maximum Gasteiger partial charge on any atom is 0.311 e. The molecule has 0 unspecified atom stereocenters. The van der Waals surface area contributed by atoms with Crippen molar-refractivity contribution in [2.75, 3.05) is 6.61 Å². The lowest BCUT2D eigenvalue weighted by Crippen LogP contribution is -2.13. The smallest absolute Gasteiger partial charge is 0.311 e. The van der Waals surface area contributed by atoms with Gasteiger partial charge >= 0.3 is 11.9 Å². The van der Waals surface area contributed by atoms with E-state index in [4.69, 9.17) is 21.1 Å². The zero-order valence-electron chi connectivity index (χ0n) is 12.3. The highest BCUT2D eigenvalue weighted by Gasteiger charge is 2.11. The zero-order chi connectivity index (χ0) is 15.5. The molecule has 1 aromatic carbocycles. The molecule has 0 spiro atoms. The van der Waals surface area contributed by atoms with Gasteiger partial charge in [0.05, 0.1) is 24.5 Å². The number of esters is 2. The normalized spacial score (nSPS) is 10.2. The molecule has 1 rings (SSSR count). The third kappa shape index (κ3) is 7.71. The van der Waals surface area contributed by atoms with Gasteiger partial charge in [-0.15, -0.1) is 0 Å². The van der Waals surface area contributed by atoms with Gasteiger partial charge in [-0.3, -0.25) is 9.59 Å². The summed E-state index contributed by atoms with van der Waals surface area (Å²) in [5, 5.41) is 0.365. The van der Waals surface area contributed by atoms with Crippen molar-refractivity contribution in [2.45, 2.75) is 45.4 Å². The summed E-state index contributed by atoms with van der Waals surface area (Å²) >= 11 is 5.87. The first-order valence-corrected chi connectivity index (χ1v) is 7.62. The number of unbranched alkanes of at least 4 members (excludes halogenated alkanes) is 3. The standard InChI is InChI=1S/C16H21ClO4/c1-2-3-4-7-12-20-15(18)10-11-16(19)21-14-9-6-5-8-13(14)17/h5-6,8-9H,2-4,7,10-12H2,1H3. The first-order valence-electron chi connectivity index (χ1n) is 7.24. The van der Waals surface area contributed by atoms with Crippen LogP contribution < -0.4 is 4.74 Å². The second kappa shape index (κ2) is 10.2. The summed E-state index contributed by atoms with van der Waals surface area (Å²) in [7, 11) is 0. The molecule has 0 heterocycles. The Bertz CT molecular complexity index is 459. The number of rotatable bonds is 9. The molecule has 1 aromatic rings. The van der Waals surface area contributed by atoms with E-state index in [2.05, 4.69) is 6.92 Å². The van der Waals surface area contributed by atoms with Gasteiger partial charge in [-0.2, -0.15) is 0 Å². The number of ether oxygens (including phenoxy) is 2. The number of para-hydroxylation sites is 1. The lowest BCUT2D eigenvalue weighted by atomic mass is 10.2. The lowest BCUT2D eigenvalue weighted by molar-refractivity contribution is -0.147. The molecular formula is C16H21ClO4. The zero-order valence-corrected chi connectivity index (χ0v) is 13.0. The van der Waals surface area contributed by atoms with Crippen LogP contribution in [0.25, 0.3) is 0 Å². The Balaban J connectivity index is 2.18. The van der Waals surface area contributed by atoms with E-state index in [1.807, 2.05) is 0 Å². The van der Waals surface area contributed by atoms with E-state index in [0.29, 0.717) is 17.4 Å². The fourth-order valence-corrected chi connectivity index (χ4v) is 1.87. The van der Waals surface area contributed by atoms with E-state index in [9.17, 15) is 9.59 Å². The highest BCUT2D eigenvalue weighted by atomic mass is 35.5. The second-order valence-electron chi connectivity index (χ2n) is 4.69. The topological polar surface area (TPSA) is 52.6 Å². The van der Waals surface area contributed by atoms with E-state index in [0.717, 1.165) is 25.7 Å². The summed E-state index contributed by atoms with van der Waals surface area (Å²) in [5.74, 6) is -0.564. The Hall–Kier alpha value is -1.55. The Morgan fingerprint density at radius 2 is 1.76 bits per heavy atom. The molecule has 0 atom stereocenters. The molecular weight excluding hydrogens is 292 g/mol. The maximum absolute atomic E-state index is 11.6. The van der Waals surface area contributed by atoms with Gasteiger partial charge in [-0.05, 0) is 18.6 Å². The summed E-state index contributed by atoms with van der Waals surface area (Å²) in [6.07, 6.45) is 4.21. The second-order valence-corrected chi connectivity index (χ2v) is 5.09. The highest BCUT2D eigenvalue weighted by Crippen LogP contribution is 2.23. The average Bonchev–Trinajstić information content (AvgIpc) is 2.47. The number of carbonyl (C=O) groups excluding carboxylic acids is 2. The third-order valence-electron chi connectivity index (χ3n) is 2.85. The molecule has 4 nitrogen and oxygen atoms in total. The summed E-state index contributed by atoms with van der Waals surface area (Å²) in [6.45, 7) is 2.54. The van der Waals surface area contributed by atoms with E-state index in [-0.39, 0.29) is 18.8 Å². The summed E-state index contributed by atoms with van der Waals surface area (Å²) in [4.78, 5) is 23.0. The Morgan fingerprint density at radius 1 is 1.05 bits per heavy atom. The molecule has 116 valence electrons. The van der Waals surface area contributed by atoms with Gasteiger partial charge in [0.1, 0.15) is 5.75 Å². The molecule has 5 heteroatoms. The van der Waals surface area contributed by atoms with Crippen LogP contribution in [0.15, 0.2) is 24.3 Å². The minimum Gasteiger partial charge on any atom is -0.466 e. The van der Waals surface area contributed by atoms with Gasteiger partial charge in [0, 0.05) is 0 Å². The number of hydrogen-bond donors (Lipinski definition) is 0. The Labute approximate surface area is 130 Å². The van der Waals surface area contributed by atoms with E-state index < -0.39 is 5.97 Å². The Morgan fingerprint density at radius 3 is 2.48 bits per heavy atom. The van der Waals surface area contributed by atoms with Crippen LogP contribution >= 0.6 is 11.6 Å². The van der Waals surface area contributed by atoms with Crippen molar-refractivity contribution in [1.82, 2.24) is 0 Å². The molecule has 0 saturated carbocycles. The van der Waals surface area contributed by atoms with Gasteiger partial charge in [-0.1, -0.05) is 49.9 Å². The highest BCUT2D eigenvalue weighted by molar-refractivity contribution is 6.32. The molecule has 21 heavy (non-hydrogen) atoms. The molecule has 0 aliphatic heterocycles. The summed E-state index contributed by atoms with van der Waals surface area (Å²) in [6, 6.07) is 6.70. The molecule has 0 aromatic heterocycles. The molecule has 0 aliphatic carbocycles. The van der Waals surface area contributed by atoms with Crippen molar-refractivity contribution in [3.63, 3.8) is 0 Å². The maximum atomic E-state index is 11.6. The van der Waals surface area contributed by atoms with Crippen LogP contribution in [0.4, 0.5) is 0 Å². The fraction of sp³-hybridized carbons (Fsp3) is 0.500. The minimum absolute atomic E-state index is 0.0149. The van der Waals surface area contributed by atoms with Crippen molar-refractivity contribution in [1.29, 1.82) is 0 Å². The van der Waals surface area contributed by atoms with Crippen LogP contribution in [-0.2, 0) is 14.3 Å². The van der Waals surface area contributed by atoms with Crippen LogP contribution in [0.1, 0.15) is 45.4 Å². The number of hydrogen-bond acceptors (Lipinski definition) is 4. The van der Waals surface area contributed by atoms with Crippen LogP contribution in [0.3, 0.4) is 0 Å². The van der Waals surface area contributed by atoms with Crippen molar-refractivity contribution < 1.29 is 19.1 Å². The monoisotopic (exact) mass is 312 g/mol. The first-order chi connectivity index (χ1) is 10.1. The van der Waals surface area contributed by atoms with Gasteiger partial charge in [-0.25, -0.2) is 0 Å².